The summed E-state index contributed by atoms with van der Waals surface area (Å²) in [4.78, 5) is 6.72. The molecule has 0 atom stereocenters. The highest BCUT2D eigenvalue weighted by atomic mass is 127. The van der Waals surface area contributed by atoms with Gasteiger partial charge in [-0.25, -0.2) is 0 Å². The van der Waals surface area contributed by atoms with E-state index in [1.165, 1.54) is 5.56 Å². The van der Waals surface area contributed by atoms with Crippen LogP contribution in [0.4, 0.5) is 0 Å². The Morgan fingerprint density at radius 1 is 1.33 bits per heavy atom. The van der Waals surface area contributed by atoms with Crippen LogP contribution in [0.1, 0.15) is 12.0 Å². The van der Waals surface area contributed by atoms with Crippen molar-refractivity contribution in [2.24, 2.45) is 0 Å². The fraction of sp³-hybridized carbons (Fsp3) is 0.545. The van der Waals surface area contributed by atoms with Gasteiger partial charge in [-0.2, -0.15) is 0 Å². The Morgan fingerprint density at radius 2 is 2.27 bits per heavy atom. The second-order valence-corrected chi connectivity index (χ2v) is 4.84. The summed E-state index contributed by atoms with van der Waals surface area (Å²) in [5, 5.41) is 0. The minimum absolute atomic E-state index is 0.859. The number of nitrogens with zero attached hydrogens (tertiary/aromatic N) is 2. The first-order chi connectivity index (χ1) is 7.34. The Balaban J connectivity index is 1.92. The first-order valence-electron chi connectivity index (χ1n) is 5.25. The van der Waals surface area contributed by atoms with Crippen LogP contribution >= 0.6 is 22.6 Å². The molecular weight excluding hydrogens is 303 g/mol. The van der Waals surface area contributed by atoms with Crippen molar-refractivity contribution in [3.63, 3.8) is 0 Å². The lowest BCUT2D eigenvalue weighted by molar-refractivity contribution is 0.140. The maximum absolute atomic E-state index is 5.42. The topological polar surface area (TPSA) is 25.4 Å². The second-order valence-electron chi connectivity index (χ2n) is 3.73. The van der Waals surface area contributed by atoms with Gasteiger partial charge in [-0.1, -0.05) is 6.07 Å². The minimum atomic E-state index is 0.859. The summed E-state index contributed by atoms with van der Waals surface area (Å²) in [7, 11) is 0. The zero-order valence-electron chi connectivity index (χ0n) is 8.66. The Morgan fingerprint density at radius 3 is 3.07 bits per heavy atom. The molecule has 1 aromatic heterocycles. The Hall–Kier alpha value is -0.200. The van der Waals surface area contributed by atoms with E-state index >= 15 is 0 Å². The summed E-state index contributed by atoms with van der Waals surface area (Å²) in [5.74, 6) is 0. The van der Waals surface area contributed by atoms with E-state index in [9.17, 15) is 0 Å². The fourth-order valence-electron chi connectivity index (χ4n) is 1.71. The Labute approximate surface area is 104 Å². The molecule has 2 heterocycles. The smallest absolute Gasteiger partial charge is 0.101 e. The van der Waals surface area contributed by atoms with Crippen LogP contribution in [0.3, 0.4) is 0 Å². The number of hydrogen-bond donors (Lipinski definition) is 0. The molecule has 0 unspecified atom stereocenters. The molecular formula is C11H15IN2O. The van der Waals surface area contributed by atoms with Gasteiger partial charge in [0.1, 0.15) is 3.70 Å². The lowest BCUT2D eigenvalue weighted by atomic mass is 10.2. The average molecular weight is 318 g/mol. The van der Waals surface area contributed by atoms with Gasteiger partial charge in [-0.3, -0.25) is 9.88 Å². The summed E-state index contributed by atoms with van der Waals surface area (Å²) >= 11 is 2.23. The third-order valence-electron chi connectivity index (χ3n) is 2.51. The molecule has 0 saturated carbocycles. The van der Waals surface area contributed by atoms with E-state index in [0.29, 0.717) is 0 Å². The summed E-state index contributed by atoms with van der Waals surface area (Å²) < 4.78 is 6.47. The van der Waals surface area contributed by atoms with Crippen LogP contribution in [0.2, 0.25) is 0 Å². The van der Waals surface area contributed by atoms with Gasteiger partial charge in [0.2, 0.25) is 0 Å². The van der Waals surface area contributed by atoms with E-state index in [4.69, 9.17) is 4.74 Å². The van der Waals surface area contributed by atoms with Crippen molar-refractivity contribution in [3.8, 4) is 0 Å². The molecule has 0 aromatic carbocycles. The third-order valence-corrected chi connectivity index (χ3v) is 3.15. The van der Waals surface area contributed by atoms with Gasteiger partial charge < -0.3 is 4.74 Å². The van der Waals surface area contributed by atoms with Crippen molar-refractivity contribution in [2.45, 2.75) is 13.0 Å². The van der Waals surface area contributed by atoms with Crippen molar-refractivity contribution in [3.05, 3.63) is 27.6 Å². The lowest BCUT2D eigenvalue weighted by Crippen LogP contribution is -2.25. The van der Waals surface area contributed by atoms with E-state index < -0.39 is 0 Å². The maximum Gasteiger partial charge on any atom is 0.101 e. The number of aromatic nitrogens is 1. The SMILES string of the molecule is Ic1ccc(CN2CCCOCC2)cn1. The lowest BCUT2D eigenvalue weighted by Gasteiger charge is -2.18. The van der Waals surface area contributed by atoms with Gasteiger partial charge in [0.15, 0.2) is 0 Å². The van der Waals surface area contributed by atoms with E-state index in [1.54, 1.807) is 0 Å². The Kier molecular flexibility index (Phi) is 4.34. The van der Waals surface area contributed by atoms with Gasteiger partial charge >= 0.3 is 0 Å². The van der Waals surface area contributed by atoms with Crippen LogP contribution in [0.5, 0.6) is 0 Å². The van der Waals surface area contributed by atoms with Crippen LogP contribution < -0.4 is 0 Å². The Bertz CT molecular complexity index is 294. The van der Waals surface area contributed by atoms with Crippen LogP contribution in [0.15, 0.2) is 18.3 Å². The summed E-state index contributed by atoms with van der Waals surface area (Å²) in [6.45, 7) is 4.92. The van der Waals surface area contributed by atoms with Gasteiger partial charge in [0.25, 0.3) is 0 Å². The van der Waals surface area contributed by atoms with Crippen molar-refractivity contribution < 1.29 is 4.74 Å². The summed E-state index contributed by atoms with van der Waals surface area (Å²) in [6, 6.07) is 4.21. The average Bonchev–Trinajstić information content (AvgIpc) is 2.50. The van der Waals surface area contributed by atoms with E-state index in [-0.39, 0.29) is 0 Å². The van der Waals surface area contributed by atoms with Crippen molar-refractivity contribution >= 4 is 22.6 Å². The second kappa shape index (κ2) is 5.77. The highest BCUT2D eigenvalue weighted by molar-refractivity contribution is 14.1. The summed E-state index contributed by atoms with van der Waals surface area (Å²) in [5.41, 5.74) is 1.29. The molecule has 1 fully saturated rings. The van der Waals surface area contributed by atoms with Crippen LogP contribution in [-0.4, -0.2) is 36.2 Å². The van der Waals surface area contributed by atoms with Crippen LogP contribution in [0.25, 0.3) is 0 Å². The van der Waals surface area contributed by atoms with Gasteiger partial charge in [-0.05, 0) is 40.6 Å². The molecule has 3 nitrogen and oxygen atoms in total. The molecule has 82 valence electrons. The van der Waals surface area contributed by atoms with Gasteiger partial charge in [0, 0.05) is 32.4 Å². The normalized spacial score (nSPS) is 18.7. The maximum atomic E-state index is 5.42. The van der Waals surface area contributed by atoms with E-state index in [2.05, 4.69) is 44.6 Å². The number of ether oxygens (including phenoxy) is 1. The van der Waals surface area contributed by atoms with Gasteiger partial charge in [-0.15, -0.1) is 0 Å². The molecule has 1 saturated heterocycles. The molecule has 15 heavy (non-hydrogen) atoms. The molecule has 0 bridgehead atoms. The molecule has 1 aliphatic heterocycles. The largest absolute Gasteiger partial charge is 0.380 e. The van der Waals surface area contributed by atoms with Gasteiger partial charge in [0.05, 0.1) is 6.61 Å². The highest BCUT2D eigenvalue weighted by Crippen LogP contribution is 2.08. The molecule has 0 aliphatic carbocycles. The minimum Gasteiger partial charge on any atom is -0.380 e. The zero-order chi connectivity index (χ0) is 10.5. The van der Waals surface area contributed by atoms with Crippen LogP contribution in [0, 0.1) is 3.70 Å². The molecule has 4 heteroatoms. The molecule has 1 aromatic rings. The predicted molar refractivity (Wildman–Crippen MR) is 67.7 cm³/mol. The first-order valence-corrected chi connectivity index (χ1v) is 6.33. The monoisotopic (exact) mass is 318 g/mol. The molecule has 2 rings (SSSR count). The molecule has 0 spiro atoms. The van der Waals surface area contributed by atoms with Crippen molar-refractivity contribution in [2.75, 3.05) is 26.3 Å². The number of hydrogen-bond acceptors (Lipinski definition) is 3. The molecule has 0 amide bonds. The fourth-order valence-corrected chi connectivity index (χ4v) is 2.03. The number of pyridine rings is 1. The number of halogens is 1. The first kappa shape index (κ1) is 11.3. The molecule has 0 N–H and O–H groups in total. The standard InChI is InChI=1S/C11H15IN2O/c12-11-3-2-10(8-13-11)9-14-4-1-6-15-7-5-14/h2-3,8H,1,4-7,9H2. The predicted octanol–water partition coefficient (Wildman–Crippen LogP) is 1.91. The summed E-state index contributed by atoms with van der Waals surface area (Å²) in [6.07, 6.45) is 3.10. The molecule has 0 radical (unpaired) electrons. The van der Waals surface area contributed by atoms with E-state index in [1.807, 2.05) is 6.20 Å². The zero-order valence-corrected chi connectivity index (χ0v) is 10.8. The third kappa shape index (κ3) is 3.70. The number of rotatable bonds is 2. The molecule has 1 aliphatic rings. The van der Waals surface area contributed by atoms with Crippen molar-refractivity contribution in [1.82, 2.24) is 9.88 Å². The van der Waals surface area contributed by atoms with E-state index in [0.717, 1.165) is 43.0 Å². The van der Waals surface area contributed by atoms with Crippen molar-refractivity contribution in [1.29, 1.82) is 0 Å². The quantitative estimate of drug-likeness (QED) is 0.615. The highest BCUT2D eigenvalue weighted by Gasteiger charge is 2.09. The van der Waals surface area contributed by atoms with Crippen LogP contribution in [-0.2, 0) is 11.3 Å².